The van der Waals surface area contributed by atoms with Crippen LogP contribution in [0.1, 0.15) is 85.7 Å². The lowest BCUT2D eigenvalue weighted by Gasteiger charge is -2.28. The molecule has 0 radical (unpaired) electrons. The molecular formula is C42H51N5O4. The third-order valence-corrected chi connectivity index (χ3v) is 10.1. The molecule has 3 aromatic carbocycles. The Morgan fingerprint density at radius 2 is 1.22 bits per heavy atom. The highest BCUT2D eigenvalue weighted by molar-refractivity contribution is 6.00. The van der Waals surface area contributed by atoms with Crippen molar-refractivity contribution < 1.29 is 19.1 Å². The van der Waals surface area contributed by atoms with Crippen LogP contribution in [0, 0.1) is 11.8 Å². The fourth-order valence-corrected chi connectivity index (χ4v) is 7.84. The normalized spacial score (nSPS) is 22.0. The number of aliphatic imine (C=N–C) groups is 1. The van der Waals surface area contributed by atoms with Gasteiger partial charge >= 0.3 is 12.2 Å². The van der Waals surface area contributed by atoms with Crippen molar-refractivity contribution in [1.82, 2.24) is 19.4 Å². The molecule has 0 spiro atoms. The number of aromatic nitrogens is 2. The number of hydrogen-bond acceptors (Lipinski definition) is 6. The van der Waals surface area contributed by atoms with E-state index in [1.807, 2.05) is 58.4 Å². The molecule has 0 bridgehead atoms. The van der Waals surface area contributed by atoms with Gasteiger partial charge < -0.3 is 14.0 Å². The van der Waals surface area contributed by atoms with Gasteiger partial charge in [-0.2, -0.15) is 0 Å². The molecule has 2 saturated heterocycles. The summed E-state index contributed by atoms with van der Waals surface area (Å²) in [6.45, 7) is 17.1. The van der Waals surface area contributed by atoms with Gasteiger partial charge in [-0.05, 0) is 118 Å². The zero-order valence-corrected chi connectivity index (χ0v) is 31.5. The molecule has 51 heavy (non-hydrogen) atoms. The van der Waals surface area contributed by atoms with Gasteiger partial charge in [-0.15, -0.1) is 0 Å². The second-order valence-electron chi connectivity index (χ2n) is 16.9. The lowest BCUT2D eigenvalue weighted by atomic mass is 9.96. The molecule has 4 atom stereocenters. The van der Waals surface area contributed by atoms with Gasteiger partial charge in [-0.1, -0.05) is 50.2 Å². The van der Waals surface area contributed by atoms with Gasteiger partial charge in [0.15, 0.2) is 0 Å². The number of nitrogens with zero attached hydrogens (tertiary/aromatic N) is 5. The minimum Gasteiger partial charge on any atom is -0.444 e. The fraction of sp³-hybridized carbons (Fsp3) is 0.476. The summed E-state index contributed by atoms with van der Waals surface area (Å²) >= 11 is 0. The van der Waals surface area contributed by atoms with E-state index in [0.717, 1.165) is 69.8 Å². The van der Waals surface area contributed by atoms with Crippen molar-refractivity contribution in [2.45, 2.75) is 97.9 Å². The van der Waals surface area contributed by atoms with E-state index >= 15 is 0 Å². The Morgan fingerprint density at radius 3 is 1.80 bits per heavy atom. The molecule has 2 fully saturated rings. The molecule has 268 valence electrons. The number of likely N-dealkylation sites (tertiary alicyclic amines) is 2. The molecule has 0 aliphatic carbocycles. The molecule has 0 unspecified atom stereocenters. The van der Waals surface area contributed by atoms with E-state index in [-0.39, 0.29) is 24.3 Å². The van der Waals surface area contributed by atoms with Crippen molar-refractivity contribution in [3.63, 3.8) is 0 Å². The standard InChI is InChI=1S/C42H51N5O4/c1-25-18-36(46(23-25)39(48)50-41(3,4)5)34-21-31-20-29(14-16-32(31)43-34)27-10-12-28(13-11-27)30-15-17-33-35(22-30)45(9)38(44-33)37-19-26(2)24-47(37)40(49)51-42(6,7)8/h10-17,20,22,25-26,36-37H,18-19,21,23-24H2,1-9H3/t25-,26-,36-,37-/m0/s1. The van der Waals surface area contributed by atoms with E-state index in [1.54, 1.807) is 0 Å². The second-order valence-corrected chi connectivity index (χ2v) is 16.9. The smallest absolute Gasteiger partial charge is 0.410 e. The molecule has 4 heterocycles. The lowest BCUT2D eigenvalue weighted by molar-refractivity contribution is 0.0210. The molecule has 1 aromatic heterocycles. The van der Waals surface area contributed by atoms with E-state index in [2.05, 4.69) is 79.1 Å². The van der Waals surface area contributed by atoms with E-state index < -0.39 is 11.2 Å². The zero-order valence-electron chi connectivity index (χ0n) is 31.5. The van der Waals surface area contributed by atoms with Crippen molar-refractivity contribution in [3.8, 4) is 22.3 Å². The summed E-state index contributed by atoms with van der Waals surface area (Å²) in [4.78, 5) is 39.9. The maximum Gasteiger partial charge on any atom is 0.410 e. The molecular weight excluding hydrogens is 638 g/mol. The molecule has 3 aliphatic rings. The largest absolute Gasteiger partial charge is 0.444 e. The highest BCUT2D eigenvalue weighted by atomic mass is 16.6. The molecule has 2 amide bonds. The van der Waals surface area contributed by atoms with Crippen molar-refractivity contribution in [2.24, 2.45) is 23.9 Å². The van der Waals surface area contributed by atoms with Gasteiger partial charge in [-0.3, -0.25) is 14.8 Å². The number of carbonyl (C=O) groups excluding carboxylic acids is 2. The average Bonchev–Trinajstić information content (AvgIpc) is 3.83. The van der Waals surface area contributed by atoms with Crippen LogP contribution in [0.15, 0.2) is 65.7 Å². The number of fused-ring (bicyclic) bond motifs is 2. The minimum absolute atomic E-state index is 0.0385. The van der Waals surface area contributed by atoms with Crippen LogP contribution in [-0.2, 0) is 22.9 Å². The summed E-state index contributed by atoms with van der Waals surface area (Å²) in [6, 6.07) is 21.4. The first-order chi connectivity index (χ1) is 24.0. The topological polar surface area (TPSA) is 89.3 Å². The maximum absolute atomic E-state index is 13.1. The Morgan fingerprint density at radius 1 is 0.706 bits per heavy atom. The number of amides is 2. The number of carbonyl (C=O) groups is 2. The second kappa shape index (κ2) is 12.8. The summed E-state index contributed by atoms with van der Waals surface area (Å²) in [5.41, 5.74) is 8.60. The van der Waals surface area contributed by atoms with Gasteiger partial charge in [0, 0.05) is 32.3 Å². The first-order valence-electron chi connectivity index (χ1n) is 18.3. The van der Waals surface area contributed by atoms with Crippen LogP contribution < -0.4 is 0 Å². The molecule has 9 heteroatoms. The number of benzene rings is 3. The van der Waals surface area contributed by atoms with Crippen molar-refractivity contribution in [2.75, 3.05) is 13.1 Å². The molecule has 0 N–H and O–H groups in total. The van der Waals surface area contributed by atoms with Gasteiger partial charge in [0.25, 0.3) is 0 Å². The van der Waals surface area contributed by atoms with Crippen LogP contribution in [0.4, 0.5) is 15.3 Å². The number of ether oxygens (including phenoxy) is 2. The van der Waals surface area contributed by atoms with Crippen LogP contribution in [0.2, 0.25) is 0 Å². The van der Waals surface area contributed by atoms with Crippen LogP contribution in [0.25, 0.3) is 33.3 Å². The van der Waals surface area contributed by atoms with Crippen molar-refractivity contribution in [3.05, 3.63) is 72.1 Å². The van der Waals surface area contributed by atoms with Gasteiger partial charge in [0.2, 0.25) is 0 Å². The number of aryl methyl sites for hydroxylation is 1. The van der Waals surface area contributed by atoms with Gasteiger partial charge in [0.1, 0.15) is 17.0 Å². The zero-order chi connectivity index (χ0) is 36.4. The molecule has 7 rings (SSSR count). The van der Waals surface area contributed by atoms with Crippen molar-refractivity contribution in [1.29, 1.82) is 0 Å². The predicted molar refractivity (Wildman–Crippen MR) is 202 cm³/mol. The number of hydrogen-bond donors (Lipinski definition) is 0. The summed E-state index contributed by atoms with van der Waals surface area (Å²) in [5.74, 6) is 1.65. The Bertz CT molecular complexity index is 2020. The Kier molecular flexibility index (Phi) is 8.75. The Balaban J connectivity index is 1.07. The van der Waals surface area contributed by atoms with Crippen LogP contribution >= 0.6 is 0 Å². The van der Waals surface area contributed by atoms with Crippen LogP contribution in [0.5, 0.6) is 0 Å². The third-order valence-electron chi connectivity index (χ3n) is 10.1. The predicted octanol–water partition coefficient (Wildman–Crippen LogP) is 9.50. The fourth-order valence-electron chi connectivity index (χ4n) is 7.84. The minimum atomic E-state index is -0.552. The quantitative estimate of drug-likeness (QED) is 0.213. The van der Waals surface area contributed by atoms with Crippen LogP contribution in [-0.4, -0.2) is 67.6 Å². The Hall–Kier alpha value is -4.66. The van der Waals surface area contributed by atoms with E-state index in [0.29, 0.717) is 24.9 Å². The lowest BCUT2D eigenvalue weighted by Crippen LogP contribution is -2.43. The van der Waals surface area contributed by atoms with Crippen LogP contribution in [0.3, 0.4) is 0 Å². The molecule has 3 aliphatic heterocycles. The summed E-state index contributed by atoms with van der Waals surface area (Å²) in [7, 11) is 2.04. The highest BCUT2D eigenvalue weighted by Crippen LogP contribution is 2.39. The van der Waals surface area contributed by atoms with Gasteiger partial charge in [-0.25, -0.2) is 14.6 Å². The number of rotatable bonds is 4. The van der Waals surface area contributed by atoms with Crippen molar-refractivity contribution >= 4 is 34.6 Å². The van der Waals surface area contributed by atoms with E-state index in [9.17, 15) is 9.59 Å². The van der Waals surface area contributed by atoms with E-state index in [1.165, 1.54) is 5.56 Å². The van der Waals surface area contributed by atoms with Gasteiger partial charge in [0.05, 0.1) is 28.8 Å². The average molecular weight is 690 g/mol. The first-order valence-corrected chi connectivity index (χ1v) is 18.3. The van der Waals surface area contributed by atoms with E-state index in [4.69, 9.17) is 19.5 Å². The third kappa shape index (κ3) is 7.12. The summed E-state index contributed by atoms with van der Waals surface area (Å²) in [6.07, 6.45) is 1.95. The first kappa shape index (κ1) is 34.8. The molecule has 0 saturated carbocycles. The molecule has 4 aromatic rings. The maximum atomic E-state index is 13.1. The monoisotopic (exact) mass is 689 g/mol. The Labute approximate surface area is 301 Å². The number of imidazole rings is 1. The summed E-state index contributed by atoms with van der Waals surface area (Å²) in [5, 5.41) is 0. The highest BCUT2D eigenvalue weighted by Gasteiger charge is 2.41. The molecule has 9 nitrogen and oxygen atoms in total. The summed E-state index contributed by atoms with van der Waals surface area (Å²) < 4.78 is 13.6. The SMILES string of the molecule is C[C@H]1C[C@@H](C2=Nc3ccc(-c4ccc(-c5ccc6nc([C@@H]7C[C@H](C)CN7C(=O)OC(C)(C)C)n(C)c6c5)cc4)cc3C2)N(C(=O)OC(C)(C)C)C1.